The molecule has 2 aromatic heterocycles. The zero-order chi connectivity index (χ0) is 30.0. The number of methoxy groups -OCH3 is 2. The summed E-state index contributed by atoms with van der Waals surface area (Å²) in [6.07, 6.45) is 3.21. The lowest BCUT2D eigenvalue weighted by Crippen LogP contribution is -2.32. The third-order valence-corrected chi connectivity index (χ3v) is 8.95. The van der Waals surface area contributed by atoms with Gasteiger partial charge in [-0.25, -0.2) is 31.5 Å². The monoisotopic (exact) mass is 601 g/mol. The van der Waals surface area contributed by atoms with Crippen LogP contribution >= 0.6 is 0 Å². The fourth-order valence-corrected chi connectivity index (χ4v) is 6.56. The van der Waals surface area contributed by atoms with E-state index in [0.29, 0.717) is 35.6 Å². The van der Waals surface area contributed by atoms with Gasteiger partial charge in [-0.15, -0.1) is 0 Å². The van der Waals surface area contributed by atoms with E-state index in [9.17, 15) is 13.5 Å². The molecule has 1 saturated carbocycles. The molecule has 0 radical (unpaired) electrons. The van der Waals surface area contributed by atoms with E-state index in [-0.39, 0.29) is 24.7 Å². The maximum atomic E-state index is 15.6. The van der Waals surface area contributed by atoms with Gasteiger partial charge in [0, 0.05) is 67.3 Å². The minimum Gasteiger partial charge on any atom is -0.497 e. The first-order chi connectivity index (χ1) is 20.1. The van der Waals surface area contributed by atoms with Gasteiger partial charge in [-0.1, -0.05) is 0 Å². The van der Waals surface area contributed by atoms with E-state index in [0.717, 1.165) is 16.3 Å². The smallest absolute Gasteiger partial charge is 0.268 e. The first kappa shape index (κ1) is 29.2. The van der Waals surface area contributed by atoms with Crippen molar-refractivity contribution in [3.63, 3.8) is 0 Å². The first-order valence-electron chi connectivity index (χ1n) is 12.9. The molecule has 1 N–H and O–H groups in total. The van der Waals surface area contributed by atoms with Crippen LogP contribution in [0.2, 0.25) is 0 Å². The van der Waals surface area contributed by atoms with Gasteiger partial charge in [0.05, 0.1) is 26.9 Å². The van der Waals surface area contributed by atoms with E-state index in [1.165, 1.54) is 26.5 Å². The van der Waals surface area contributed by atoms with Gasteiger partial charge < -0.3 is 19.3 Å². The lowest BCUT2D eigenvalue weighted by atomic mass is 10.0. The highest BCUT2D eigenvalue weighted by Crippen LogP contribution is 2.39. The maximum Gasteiger partial charge on any atom is 0.268 e. The van der Waals surface area contributed by atoms with E-state index in [1.807, 2.05) is 0 Å². The molecular weight excluding hydrogens is 572 g/mol. The second-order valence-corrected chi connectivity index (χ2v) is 11.6. The summed E-state index contributed by atoms with van der Waals surface area (Å²) >= 11 is 0. The predicted octanol–water partition coefficient (Wildman–Crippen LogP) is 3.59. The Morgan fingerprint density at radius 2 is 1.83 bits per heavy atom. The van der Waals surface area contributed by atoms with Crippen LogP contribution in [0.4, 0.5) is 14.6 Å². The Morgan fingerprint density at radius 3 is 2.50 bits per heavy atom. The molecule has 11 nitrogen and oxygen atoms in total. The van der Waals surface area contributed by atoms with Crippen molar-refractivity contribution in [3.8, 4) is 17.2 Å². The Balaban J connectivity index is 1.49. The van der Waals surface area contributed by atoms with Crippen molar-refractivity contribution in [2.45, 2.75) is 42.4 Å². The molecule has 1 fully saturated rings. The molecule has 2 aromatic carbocycles. The molecule has 3 atom stereocenters. The van der Waals surface area contributed by atoms with E-state index in [4.69, 9.17) is 14.2 Å². The molecule has 222 valence electrons. The molecule has 0 saturated heterocycles. The molecule has 42 heavy (non-hydrogen) atoms. The lowest BCUT2D eigenvalue weighted by molar-refractivity contribution is 0.143. The van der Waals surface area contributed by atoms with Crippen molar-refractivity contribution >= 4 is 15.8 Å². The topological polar surface area (TPSA) is 129 Å². The number of aliphatic hydroxyl groups is 1. The van der Waals surface area contributed by atoms with Gasteiger partial charge in [0.15, 0.2) is 11.6 Å². The number of rotatable bonds is 10. The summed E-state index contributed by atoms with van der Waals surface area (Å²) < 4.78 is 77.7. The highest BCUT2D eigenvalue weighted by Gasteiger charge is 2.39. The lowest BCUT2D eigenvalue weighted by Gasteiger charge is -2.25. The molecule has 0 bridgehead atoms. The molecule has 5 rings (SSSR count). The number of aryl methyl sites for hydroxylation is 1. The van der Waals surface area contributed by atoms with Crippen LogP contribution in [0.15, 0.2) is 66.1 Å². The molecule has 0 spiro atoms. The largest absolute Gasteiger partial charge is 0.497 e. The van der Waals surface area contributed by atoms with Gasteiger partial charge in [0.1, 0.15) is 40.5 Å². The van der Waals surface area contributed by atoms with Gasteiger partial charge in [0.2, 0.25) is 0 Å². The minimum absolute atomic E-state index is 0.0676. The van der Waals surface area contributed by atoms with Crippen LogP contribution in [0, 0.1) is 11.6 Å². The molecule has 2 heterocycles. The van der Waals surface area contributed by atoms with E-state index in [2.05, 4.69) is 15.1 Å². The molecule has 4 aromatic rings. The van der Waals surface area contributed by atoms with E-state index >= 15 is 8.78 Å². The van der Waals surface area contributed by atoms with Crippen molar-refractivity contribution in [2.75, 3.05) is 18.5 Å². The molecule has 14 heteroatoms. The number of hydrogen-bond acceptors (Lipinski definition) is 9. The van der Waals surface area contributed by atoms with Gasteiger partial charge >= 0.3 is 0 Å². The average Bonchev–Trinajstić information content (AvgIpc) is 3.57. The number of halogens is 2. The van der Waals surface area contributed by atoms with Crippen molar-refractivity contribution in [1.82, 2.24) is 19.7 Å². The fraction of sp³-hybridized carbons (Fsp3) is 0.321. The molecule has 0 amide bonds. The van der Waals surface area contributed by atoms with Crippen LogP contribution < -0.4 is 18.5 Å². The SMILES string of the molecule is COc1ccc(CN(c2ccncn2)S(=O)(=O)c2cc(F)c(OC3CC(O)CC3c3ccnn3C)cc2F)c(OC)c1. The Hall–Kier alpha value is -4.30. The molecule has 0 aliphatic heterocycles. The summed E-state index contributed by atoms with van der Waals surface area (Å²) in [5, 5.41) is 14.4. The van der Waals surface area contributed by atoms with Crippen molar-refractivity contribution < 1.29 is 36.5 Å². The molecule has 1 aliphatic rings. The number of hydrogen-bond donors (Lipinski definition) is 1. The summed E-state index contributed by atoms with van der Waals surface area (Å²) in [6, 6.07) is 9.20. The number of aromatic nitrogens is 4. The van der Waals surface area contributed by atoms with Gasteiger partial charge in [-0.3, -0.25) is 4.68 Å². The molecular formula is C28H29F2N5O6S. The summed E-state index contributed by atoms with van der Waals surface area (Å²) in [5.41, 5.74) is 1.19. The van der Waals surface area contributed by atoms with Crippen LogP contribution in [-0.4, -0.2) is 59.7 Å². The van der Waals surface area contributed by atoms with Crippen LogP contribution in [0.1, 0.15) is 30.0 Å². The quantitative estimate of drug-likeness (QED) is 0.290. The Bertz CT molecular complexity index is 1670. The fourth-order valence-electron chi connectivity index (χ4n) is 5.10. The van der Waals surface area contributed by atoms with Crippen molar-refractivity contribution in [1.29, 1.82) is 0 Å². The Labute approximate surface area is 241 Å². The zero-order valence-corrected chi connectivity index (χ0v) is 23.8. The molecule has 3 unspecified atom stereocenters. The zero-order valence-electron chi connectivity index (χ0n) is 23.0. The Kier molecular flexibility index (Phi) is 8.27. The number of benzene rings is 2. The Morgan fingerprint density at radius 1 is 1.02 bits per heavy atom. The standard InChI is InChI=1S/C28H29F2N5O6S/c1-34-23(6-9-33-34)20-10-18(36)11-25(20)41-26-13-22(30)27(14-21(26)29)42(37,38)35(28-7-8-31-16-32-28)15-17-4-5-19(39-2)12-24(17)40-3/h4-9,12-14,16,18,20,25,36H,10-11,15H2,1-3H3. The summed E-state index contributed by atoms with van der Waals surface area (Å²) in [5.74, 6) is -2.36. The van der Waals surface area contributed by atoms with Crippen molar-refractivity contribution in [2.24, 2.45) is 7.05 Å². The van der Waals surface area contributed by atoms with Crippen LogP contribution in [0.3, 0.4) is 0 Å². The number of anilines is 1. The number of nitrogens with zero attached hydrogens (tertiary/aromatic N) is 5. The van der Waals surface area contributed by atoms with Crippen LogP contribution in [-0.2, 0) is 23.6 Å². The van der Waals surface area contributed by atoms with Crippen LogP contribution in [0.25, 0.3) is 0 Å². The number of aliphatic hydroxyl groups excluding tert-OH is 1. The van der Waals surface area contributed by atoms with Gasteiger partial charge in [-0.05, 0) is 24.6 Å². The third-order valence-electron chi connectivity index (χ3n) is 7.18. The predicted molar refractivity (Wildman–Crippen MR) is 147 cm³/mol. The molecule has 1 aliphatic carbocycles. The van der Waals surface area contributed by atoms with Crippen molar-refractivity contribution in [3.05, 3.63) is 84.1 Å². The summed E-state index contributed by atoms with van der Waals surface area (Å²) in [6.45, 7) is -0.321. The van der Waals surface area contributed by atoms with Crippen LogP contribution in [0.5, 0.6) is 17.2 Å². The highest BCUT2D eigenvalue weighted by atomic mass is 32.2. The normalized spacial score (nSPS) is 18.6. The maximum absolute atomic E-state index is 15.6. The first-order valence-corrected chi connectivity index (χ1v) is 14.4. The second-order valence-electron chi connectivity index (χ2n) is 9.74. The minimum atomic E-state index is -4.72. The second kappa shape index (κ2) is 11.9. The third kappa shape index (κ3) is 5.72. The van der Waals surface area contributed by atoms with Gasteiger partial charge in [-0.2, -0.15) is 5.10 Å². The van der Waals surface area contributed by atoms with Gasteiger partial charge in [0.25, 0.3) is 10.0 Å². The van der Waals surface area contributed by atoms with E-state index in [1.54, 1.807) is 42.2 Å². The van der Waals surface area contributed by atoms with E-state index < -0.39 is 44.5 Å². The number of ether oxygens (including phenoxy) is 3. The summed E-state index contributed by atoms with van der Waals surface area (Å²) in [4.78, 5) is 6.96. The number of sulfonamides is 1. The average molecular weight is 602 g/mol. The highest BCUT2D eigenvalue weighted by molar-refractivity contribution is 7.92. The summed E-state index contributed by atoms with van der Waals surface area (Å²) in [7, 11) is -0.0873.